The van der Waals surface area contributed by atoms with Crippen LogP contribution in [0.4, 0.5) is 5.69 Å². The maximum Gasteiger partial charge on any atom is 0.307 e. The van der Waals surface area contributed by atoms with Gasteiger partial charge in [0.25, 0.3) is 5.91 Å². The van der Waals surface area contributed by atoms with Crippen LogP contribution in [0.25, 0.3) is 0 Å². The van der Waals surface area contributed by atoms with Crippen molar-refractivity contribution in [1.82, 2.24) is 0 Å². The summed E-state index contributed by atoms with van der Waals surface area (Å²) in [4.78, 5) is 24.1. The molecule has 0 aromatic heterocycles. The van der Waals surface area contributed by atoms with E-state index in [9.17, 15) is 14.7 Å². The number of carbonyl (C=O) groups excluding carboxylic acids is 1. The number of nitrogens with zero attached hydrogens (tertiary/aromatic N) is 1. The molecule has 1 aliphatic rings. The summed E-state index contributed by atoms with van der Waals surface area (Å²) in [7, 11) is 2.95. The summed E-state index contributed by atoms with van der Waals surface area (Å²) in [6, 6.07) is 4.75. The molecule has 6 heteroatoms. The second-order valence-corrected chi connectivity index (χ2v) is 4.18. The van der Waals surface area contributed by atoms with Crippen LogP contribution in [0, 0.1) is 0 Å². The second kappa shape index (κ2) is 3.99. The highest BCUT2D eigenvalue weighted by Gasteiger charge is 2.50. The van der Waals surface area contributed by atoms with Crippen molar-refractivity contribution in [3.63, 3.8) is 0 Å². The number of hydrogen-bond acceptors (Lipinski definition) is 4. The van der Waals surface area contributed by atoms with Crippen LogP contribution in [0.3, 0.4) is 0 Å². The van der Waals surface area contributed by atoms with Crippen molar-refractivity contribution in [3.8, 4) is 5.75 Å². The fourth-order valence-corrected chi connectivity index (χ4v) is 2.16. The van der Waals surface area contributed by atoms with Crippen molar-refractivity contribution in [1.29, 1.82) is 0 Å². The van der Waals surface area contributed by atoms with Gasteiger partial charge in [-0.2, -0.15) is 0 Å². The molecule has 0 spiro atoms. The van der Waals surface area contributed by atoms with Crippen LogP contribution in [0.5, 0.6) is 5.75 Å². The average molecular weight is 251 g/mol. The number of aliphatic hydroxyl groups is 1. The molecule has 1 unspecified atom stereocenters. The summed E-state index contributed by atoms with van der Waals surface area (Å²) in [5, 5.41) is 19.2. The van der Waals surface area contributed by atoms with Crippen LogP contribution in [0.1, 0.15) is 12.0 Å². The number of methoxy groups -OCH3 is 1. The molecule has 0 saturated carbocycles. The number of anilines is 1. The minimum atomic E-state index is -2.02. The molecule has 2 rings (SSSR count). The molecule has 6 nitrogen and oxygen atoms in total. The summed E-state index contributed by atoms with van der Waals surface area (Å²) in [6.07, 6.45) is -0.670. The number of likely N-dealkylation sites (N-methyl/N-ethyl adjacent to an activating group) is 1. The Kier molecular flexibility index (Phi) is 2.74. The lowest BCUT2D eigenvalue weighted by molar-refractivity contribution is -0.150. The van der Waals surface area contributed by atoms with Crippen molar-refractivity contribution in [2.24, 2.45) is 0 Å². The Hall–Kier alpha value is -2.08. The topological polar surface area (TPSA) is 87.1 Å². The molecule has 1 atom stereocenters. The maximum absolute atomic E-state index is 12.0. The molecule has 0 saturated heterocycles. The van der Waals surface area contributed by atoms with Gasteiger partial charge in [-0.15, -0.1) is 0 Å². The first-order valence-corrected chi connectivity index (χ1v) is 5.31. The van der Waals surface area contributed by atoms with Crippen LogP contribution in [0.2, 0.25) is 0 Å². The molecule has 2 N–H and O–H groups in total. The fourth-order valence-electron chi connectivity index (χ4n) is 2.16. The van der Waals surface area contributed by atoms with E-state index in [4.69, 9.17) is 9.84 Å². The number of hydrogen-bond donors (Lipinski definition) is 2. The third kappa shape index (κ3) is 1.62. The standard InChI is InChI=1S/C12H13NO5/c1-13-9-4-3-7(18-2)5-8(9)12(17,11(13)16)6-10(14)15/h3-5,17H,6H2,1-2H3,(H,14,15). The smallest absolute Gasteiger partial charge is 0.307 e. The molecule has 1 aromatic carbocycles. The van der Waals surface area contributed by atoms with Gasteiger partial charge in [0.2, 0.25) is 0 Å². The summed E-state index contributed by atoms with van der Waals surface area (Å²) in [5.74, 6) is -1.43. The normalized spacial score (nSPS) is 21.9. The first-order valence-electron chi connectivity index (χ1n) is 5.31. The van der Waals surface area contributed by atoms with Crippen LogP contribution in [0.15, 0.2) is 18.2 Å². The van der Waals surface area contributed by atoms with Crippen LogP contribution < -0.4 is 9.64 Å². The second-order valence-electron chi connectivity index (χ2n) is 4.18. The van der Waals surface area contributed by atoms with E-state index in [1.807, 2.05) is 0 Å². The summed E-state index contributed by atoms with van der Waals surface area (Å²) >= 11 is 0. The monoisotopic (exact) mass is 251 g/mol. The van der Waals surface area contributed by atoms with Gasteiger partial charge in [-0.05, 0) is 18.2 Å². The third-order valence-corrected chi connectivity index (χ3v) is 3.08. The Balaban J connectivity index is 2.58. The van der Waals surface area contributed by atoms with E-state index in [0.717, 1.165) is 0 Å². The Morgan fingerprint density at radius 3 is 2.72 bits per heavy atom. The Morgan fingerprint density at radius 2 is 2.17 bits per heavy atom. The zero-order chi connectivity index (χ0) is 13.5. The first kappa shape index (κ1) is 12.4. The molecule has 1 aliphatic heterocycles. The van der Waals surface area contributed by atoms with Gasteiger partial charge < -0.3 is 19.8 Å². The average Bonchev–Trinajstić information content (AvgIpc) is 2.51. The van der Waals surface area contributed by atoms with E-state index < -0.39 is 23.9 Å². The van der Waals surface area contributed by atoms with Gasteiger partial charge in [0.1, 0.15) is 5.75 Å². The molecule has 0 radical (unpaired) electrons. The lowest BCUT2D eigenvalue weighted by Gasteiger charge is -2.19. The van der Waals surface area contributed by atoms with E-state index in [1.165, 1.54) is 25.1 Å². The molecular formula is C12H13NO5. The SMILES string of the molecule is COc1ccc2c(c1)C(O)(CC(=O)O)C(=O)N2C. The number of carboxylic acids is 1. The highest BCUT2D eigenvalue weighted by molar-refractivity contribution is 6.08. The highest BCUT2D eigenvalue weighted by Crippen LogP contribution is 2.43. The predicted molar refractivity (Wildman–Crippen MR) is 62.6 cm³/mol. The van der Waals surface area contributed by atoms with E-state index in [0.29, 0.717) is 11.4 Å². The van der Waals surface area contributed by atoms with Crippen molar-refractivity contribution < 1.29 is 24.5 Å². The van der Waals surface area contributed by atoms with Crippen LogP contribution in [-0.2, 0) is 15.2 Å². The van der Waals surface area contributed by atoms with E-state index in [1.54, 1.807) is 12.1 Å². The fraction of sp³-hybridized carbons (Fsp3) is 0.333. The van der Waals surface area contributed by atoms with Crippen LogP contribution in [-0.4, -0.2) is 36.2 Å². The van der Waals surface area contributed by atoms with Gasteiger partial charge >= 0.3 is 5.97 Å². The summed E-state index contributed by atoms with van der Waals surface area (Å²) < 4.78 is 5.02. The third-order valence-electron chi connectivity index (χ3n) is 3.08. The number of ether oxygens (including phenoxy) is 1. The van der Waals surface area contributed by atoms with E-state index in [2.05, 4.69) is 0 Å². The number of amides is 1. The summed E-state index contributed by atoms with van der Waals surface area (Å²) in [6.45, 7) is 0. The molecule has 1 heterocycles. The van der Waals surface area contributed by atoms with Crippen molar-refractivity contribution in [2.45, 2.75) is 12.0 Å². The highest BCUT2D eigenvalue weighted by atomic mass is 16.5. The Labute approximate surface area is 103 Å². The minimum absolute atomic E-state index is 0.261. The van der Waals surface area contributed by atoms with Gasteiger partial charge in [0.05, 0.1) is 19.2 Å². The number of aliphatic carboxylic acids is 1. The molecule has 18 heavy (non-hydrogen) atoms. The molecule has 1 aromatic rings. The first-order chi connectivity index (χ1) is 8.40. The lowest BCUT2D eigenvalue weighted by Crippen LogP contribution is -2.40. The number of fused-ring (bicyclic) bond motifs is 1. The Morgan fingerprint density at radius 1 is 1.50 bits per heavy atom. The van der Waals surface area contributed by atoms with Gasteiger partial charge in [-0.25, -0.2) is 0 Å². The molecule has 0 bridgehead atoms. The van der Waals surface area contributed by atoms with Gasteiger partial charge in [-0.1, -0.05) is 0 Å². The van der Waals surface area contributed by atoms with Gasteiger partial charge in [-0.3, -0.25) is 9.59 Å². The van der Waals surface area contributed by atoms with Crippen LogP contribution >= 0.6 is 0 Å². The van der Waals surface area contributed by atoms with E-state index in [-0.39, 0.29) is 5.56 Å². The zero-order valence-electron chi connectivity index (χ0n) is 10.0. The maximum atomic E-state index is 12.0. The molecule has 96 valence electrons. The van der Waals surface area contributed by atoms with Gasteiger partial charge in [0.15, 0.2) is 5.60 Å². The van der Waals surface area contributed by atoms with Crippen molar-refractivity contribution >= 4 is 17.6 Å². The number of benzene rings is 1. The van der Waals surface area contributed by atoms with E-state index >= 15 is 0 Å². The lowest BCUT2D eigenvalue weighted by atomic mass is 9.92. The summed E-state index contributed by atoms with van der Waals surface area (Å²) in [5.41, 5.74) is -1.27. The predicted octanol–water partition coefficient (Wildman–Crippen LogP) is 0.334. The molecule has 0 fully saturated rings. The number of rotatable bonds is 3. The number of carbonyl (C=O) groups is 2. The molecule has 1 amide bonds. The number of carboxylic acid groups (broad SMARTS) is 1. The van der Waals surface area contributed by atoms with Gasteiger partial charge in [0, 0.05) is 12.6 Å². The molecular weight excluding hydrogens is 238 g/mol. The largest absolute Gasteiger partial charge is 0.497 e. The zero-order valence-corrected chi connectivity index (χ0v) is 10.0. The van der Waals surface area contributed by atoms with Crippen molar-refractivity contribution in [2.75, 3.05) is 19.1 Å². The minimum Gasteiger partial charge on any atom is -0.497 e. The molecule has 0 aliphatic carbocycles. The quantitative estimate of drug-likeness (QED) is 0.808. The Bertz CT molecular complexity index is 527. The van der Waals surface area contributed by atoms with Crippen molar-refractivity contribution in [3.05, 3.63) is 23.8 Å².